The van der Waals surface area contributed by atoms with Gasteiger partial charge in [-0.15, -0.1) is 0 Å². The van der Waals surface area contributed by atoms with Crippen LogP contribution >= 0.6 is 0 Å². The number of amides is 4. The largest absolute Gasteiger partial charge is 0.394 e. The van der Waals surface area contributed by atoms with Crippen LogP contribution in [0.3, 0.4) is 0 Å². The van der Waals surface area contributed by atoms with Crippen LogP contribution in [0, 0.1) is 0 Å². The van der Waals surface area contributed by atoms with Crippen LogP contribution in [0.1, 0.15) is 33.1 Å². The number of hydrogen-bond donors (Lipinski definition) is 10. The van der Waals surface area contributed by atoms with Crippen molar-refractivity contribution in [1.29, 1.82) is 0 Å². The molecule has 11 atom stereocenters. The van der Waals surface area contributed by atoms with Crippen LogP contribution in [-0.4, -0.2) is 240 Å². The summed E-state index contributed by atoms with van der Waals surface area (Å²) >= 11 is 0. The first kappa shape index (κ1) is 56.0. The van der Waals surface area contributed by atoms with Gasteiger partial charge in [0.2, 0.25) is 23.6 Å². The highest BCUT2D eigenvalue weighted by Crippen LogP contribution is 2.23. The number of hydrogen-bond acceptors (Lipinski definition) is 21. The summed E-state index contributed by atoms with van der Waals surface area (Å²) in [5.41, 5.74) is 0. The fourth-order valence-electron chi connectivity index (χ4n) is 6.07. The molecule has 9 unspecified atom stereocenters. The molecule has 2 aliphatic rings. The fourth-order valence-corrected chi connectivity index (χ4v) is 6.07. The highest BCUT2D eigenvalue weighted by Gasteiger charge is 2.46. The van der Waals surface area contributed by atoms with Gasteiger partial charge in [-0.25, -0.2) is 0 Å². The van der Waals surface area contributed by atoms with Crippen molar-refractivity contribution in [2.24, 2.45) is 0 Å². The van der Waals surface area contributed by atoms with Crippen molar-refractivity contribution in [3.63, 3.8) is 0 Å². The third-order valence-corrected chi connectivity index (χ3v) is 9.25. The normalized spacial score (nSPS) is 26.4. The van der Waals surface area contributed by atoms with E-state index in [9.17, 15) is 54.6 Å². The van der Waals surface area contributed by atoms with Crippen molar-refractivity contribution in [2.75, 3.05) is 112 Å². The third-order valence-electron chi connectivity index (χ3n) is 9.25. The lowest BCUT2D eigenvalue weighted by atomic mass is 9.97. The molecule has 2 fully saturated rings. The molecule has 0 saturated carbocycles. The number of ether oxygens (including phenoxy) is 10. The van der Waals surface area contributed by atoms with Crippen LogP contribution in [0.5, 0.6) is 0 Å². The second-order valence-corrected chi connectivity index (χ2v) is 14.3. The maximum Gasteiger partial charge on any atom is 0.246 e. The summed E-state index contributed by atoms with van der Waals surface area (Å²) in [5, 5.41) is 69.7. The molecular weight excluding hydrogens is 848 g/mol. The summed E-state index contributed by atoms with van der Waals surface area (Å²) in [6.07, 6.45) is -7.89. The Labute approximate surface area is 365 Å². The average Bonchev–Trinajstić information content (AvgIpc) is 3.25. The molecule has 0 aromatic heterocycles. The van der Waals surface area contributed by atoms with Crippen LogP contribution in [0.15, 0.2) is 0 Å². The summed E-state index contributed by atoms with van der Waals surface area (Å²) in [7, 11) is 0. The van der Waals surface area contributed by atoms with Crippen molar-refractivity contribution >= 4 is 29.9 Å². The number of nitrogens with one attached hydrogen (secondary N) is 4. The molecule has 0 radical (unpaired) electrons. The zero-order chi connectivity index (χ0) is 46.4. The Balaban J connectivity index is 1.39. The molecule has 0 bridgehead atoms. The minimum absolute atomic E-state index is 0.0225. The molecule has 25 nitrogen and oxygen atoms in total. The van der Waals surface area contributed by atoms with Gasteiger partial charge in [-0.2, -0.15) is 0 Å². The number of rotatable bonds is 35. The molecule has 0 aromatic carbocycles. The molecule has 2 heterocycles. The van der Waals surface area contributed by atoms with E-state index in [-0.39, 0.29) is 98.4 Å². The van der Waals surface area contributed by atoms with E-state index in [1.807, 2.05) is 0 Å². The Hall–Kier alpha value is -3.09. The van der Waals surface area contributed by atoms with Crippen molar-refractivity contribution in [1.82, 2.24) is 21.3 Å². The first-order valence-electron chi connectivity index (χ1n) is 20.8. The molecule has 4 amide bonds. The van der Waals surface area contributed by atoms with Crippen LogP contribution in [0.25, 0.3) is 0 Å². The first-order chi connectivity index (χ1) is 30.3. The van der Waals surface area contributed by atoms with Gasteiger partial charge in [-0.3, -0.25) is 19.2 Å². The van der Waals surface area contributed by atoms with Gasteiger partial charge >= 0.3 is 0 Å². The summed E-state index contributed by atoms with van der Waals surface area (Å²) in [6.45, 7) is 3.17. The van der Waals surface area contributed by atoms with Gasteiger partial charge in [0.15, 0.2) is 12.6 Å². The van der Waals surface area contributed by atoms with E-state index in [0.29, 0.717) is 32.1 Å². The zero-order valence-electron chi connectivity index (χ0n) is 35.9. The van der Waals surface area contributed by atoms with Crippen molar-refractivity contribution < 1.29 is 102 Å². The lowest BCUT2D eigenvalue weighted by Crippen LogP contribution is -2.64. The number of carbonyl (C=O) groups is 5. The minimum atomic E-state index is -1.41. The summed E-state index contributed by atoms with van der Waals surface area (Å²) in [4.78, 5) is 58.6. The van der Waals surface area contributed by atoms with Crippen molar-refractivity contribution in [3.8, 4) is 0 Å². The Morgan fingerprint density at radius 3 is 1.37 bits per heavy atom. The van der Waals surface area contributed by atoms with E-state index in [1.54, 1.807) is 0 Å². The van der Waals surface area contributed by atoms with E-state index >= 15 is 0 Å². The molecule has 2 aliphatic heterocycles. The van der Waals surface area contributed by atoms with Crippen LogP contribution in [0.2, 0.25) is 0 Å². The van der Waals surface area contributed by atoms with Crippen LogP contribution < -0.4 is 21.3 Å². The van der Waals surface area contributed by atoms with Gasteiger partial charge in [-0.1, -0.05) is 0 Å². The van der Waals surface area contributed by atoms with E-state index in [4.69, 9.17) is 47.4 Å². The van der Waals surface area contributed by atoms with Gasteiger partial charge in [0.1, 0.15) is 68.2 Å². The molecule has 25 heteroatoms. The predicted octanol–water partition coefficient (Wildman–Crippen LogP) is -6.02. The lowest BCUT2D eigenvalue weighted by molar-refractivity contribution is -0.272. The number of aliphatic hydroxyl groups excluding tert-OH is 6. The smallest absolute Gasteiger partial charge is 0.246 e. The van der Waals surface area contributed by atoms with Crippen LogP contribution in [0.4, 0.5) is 0 Å². The van der Waals surface area contributed by atoms with E-state index in [1.165, 1.54) is 13.8 Å². The standard InChI is InChI=1S/C38H68N4O21/c1-24(46)40-31-35(52)33(50)27(20-44)62-37(31)60-17-15-56-9-7-54-11-13-58-22-29(48)39-6-4-3-5-26(19-43)42-30(49)23-59-14-12-55-8-10-57-16-18-61-38-32(41-25(2)47)36(53)34(51)28(21-45)63-38/h19,26-28,31-38,44-45,50-53H,3-18,20-23H2,1-2H3,(H,39,48)(H,40,46)(H,41,47)(H,42,49)/t26?,27?,28?,31-,32-,33?,34?,35?,36?,37?,38?/m1/s1. The Bertz CT molecular complexity index is 1290. The minimum Gasteiger partial charge on any atom is -0.394 e. The second kappa shape index (κ2) is 33.4. The van der Waals surface area contributed by atoms with E-state index in [2.05, 4.69) is 21.3 Å². The highest BCUT2D eigenvalue weighted by atomic mass is 16.7. The van der Waals surface area contributed by atoms with Crippen LogP contribution in [-0.2, 0) is 71.3 Å². The summed E-state index contributed by atoms with van der Waals surface area (Å²) in [6, 6.07) is -2.80. The molecule has 10 N–H and O–H groups in total. The Kier molecular flexibility index (Phi) is 29.7. The monoisotopic (exact) mass is 916 g/mol. The SMILES string of the molecule is CC(=O)N[C@H]1C(OCCOCCOCCOCC(=O)NCCCCC(C=O)NC(=O)COCCOCCOCCOC2OC(CO)C(O)C(O)[C@H]2NC(C)=O)OC(CO)C(O)C1O. The molecule has 0 aliphatic carbocycles. The van der Waals surface area contributed by atoms with Crippen molar-refractivity contribution in [3.05, 3.63) is 0 Å². The third kappa shape index (κ3) is 23.1. The quantitative estimate of drug-likeness (QED) is 0.0209. The lowest BCUT2D eigenvalue weighted by Gasteiger charge is -2.42. The topological polar surface area (TPSA) is 347 Å². The number of aliphatic hydroxyl groups is 6. The highest BCUT2D eigenvalue weighted by molar-refractivity contribution is 5.80. The van der Waals surface area contributed by atoms with Crippen molar-refractivity contribution in [2.45, 2.75) is 100 Å². The van der Waals surface area contributed by atoms with Gasteiger partial charge in [0.05, 0.1) is 98.5 Å². The molecule has 2 rings (SSSR count). The Morgan fingerprint density at radius 2 is 0.968 bits per heavy atom. The van der Waals surface area contributed by atoms with E-state index in [0.717, 1.165) is 0 Å². The summed E-state index contributed by atoms with van der Waals surface area (Å²) < 4.78 is 54.3. The number of carbonyl (C=O) groups excluding carboxylic acids is 5. The Morgan fingerprint density at radius 1 is 0.571 bits per heavy atom. The predicted molar refractivity (Wildman–Crippen MR) is 212 cm³/mol. The fraction of sp³-hybridized carbons (Fsp3) is 0.868. The van der Waals surface area contributed by atoms with Gasteiger partial charge < -0.3 is 104 Å². The molecule has 366 valence electrons. The van der Waals surface area contributed by atoms with Gasteiger partial charge in [-0.05, 0) is 19.3 Å². The molecule has 63 heavy (non-hydrogen) atoms. The second-order valence-electron chi connectivity index (χ2n) is 14.3. The molecule has 2 saturated heterocycles. The first-order valence-corrected chi connectivity index (χ1v) is 20.8. The maximum absolute atomic E-state index is 12.2. The molecule has 0 aromatic rings. The molecular formula is C38H68N4O21. The van der Waals surface area contributed by atoms with E-state index < -0.39 is 98.3 Å². The summed E-state index contributed by atoms with van der Waals surface area (Å²) in [5.74, 6) is -1.71. The molecule has 0 spiro atoms. The number of unbranched alkanes of at least 4 members (excludes halogenated alkanes) is 1. The average molecular weight is 917 g/mol. The number of aldehydes is 1. The zero-order valence-corrected chi connectivity index (χ0v) is 35.9. The van der Waals surface area contributed by atoms with Gasteiger partial charge in [0.25, 0.3) is 0 Å². The maximum atomic E-state index is 12.2. The van der Waals surface area contributed by atoms with Gasteiger partial charge in [0, 0.05) is 20.4 Å².